The number of thiophene rings is 1. The molecule has 1 aromatic heterocycles. The van der Waals surface area contributed by atoms with Crippen molar-refractivity contribution in [1.29, 1.82) is 0 Å². The van der Waals surface area contributed by atoms with Gasteiger partial charge < -0.3 is 15.0 Å². The fourth-order valence-corrected chi connectivity index (χ4v) is 4.36. The van der Waals surface area contributed by atoms with E-state index in [4.69, 9.17) is 4.74 Å². The van der Waals surface area contributed by atoms with E-state index in [9.17, 15) is 4.79 Å². The number of nitrogens with zero attached hydrogens (tertiary/aromatic N) is 2. The topological polar surface area (TPSA) is 44.8 Å². The second kappa shape index (κ2) is 7.20. The number of hydrogen-bond acceptors (Lipinski definition) is 4. The highest BCUT2D eigenvalue weighted by molar-refractivity contribution is 7.07. The van der Waals surface area contributed by atoms with Gasteiger partial charge in [0, 0.05) is 27.2 Å². The molecule has 2 amide bonds. The highest BCUT2D eigenvalue weighted by Gasteiger charge is 2.44. The second-order valence-electron chi connectivity index (χ2n) is 6.99. The van der Waals surface area contributed by atoms with Crippen molar-refractivity contribution >= 4 is 17.4 Å². The van der Waals surface area contributed by atoms with Gasteiger partial charge in [0.25, 0.3) is 0 Å². The molecule has 23 heavy (non-hydrogen) atoms. The smallest absolute Gasteiger partial charge is 0.317 e. The number of carbonyl (C=O) groups is 1. The lowest BCUT2D eigenvalue weighted by Crippen LogP contribution is -2.58. The highest BCUT2D eigenvalue weighted by Crippen LogP contribution is 2.41. The molecule has 0 unspecified atom stereocenters. The average Bonchev–Trinajstić information content (AvgIpc) is 3.05. The number of ether oxygens (including phenoxy) is 1. The minimum Gasteiger partial charge on any atom is -0.379 e. The first-order valence-electron chi connectivity index (χ1n) is 8.38. The van der Waals surface area contributed by atoms with Gasteiger partial charge in [-0.1, -0.05) is 0 Å². The lowest BCUT2D eigenvalue weighted by atomic mass is 9.69. The first-order chi connectivity index (χ1) is 11.1. The highest BCUT2D eigenvalue weighted by atomic mass is 32.1. The molecule has 0 aliphatic carbocycles. The monoisotopic (exact) mass is 337 g/mol. The van der Waals surface area contributed by atoms with E-state index in [0.29, 0.717) is 6.61 Å². The van der Waals surface area contributed by atoms with Crippen LogP contribution in [0.15, 0.2) is 16.8 Å². The number of piperidine rings is 1. The van der Waals surface area contributed by atoms with Gasteiger partial charge in [0.05, 0.1) is 12.6 Å². The number of carbonyl (C=O) groups excluding carboxylic acids is 1. The van der Waals surface area contributed by atoms with Crippen LogP contribution in [0, 0.1) is 5.41 Å². The van der Waals surface area contributed by atoms with Gasteiger partial charge in [-0.25, -0.2) is 4.79 Å². The predicted octanol–water partition coefficient (Wildman–Crippen LogP) is 2.39. The van der Waals surface area contributed by atoms with Crippen molar-refractivity contribution < 1.29 is 9.53 Å². The maximum atomic E-state index is 12.1. The van der Waals surface area contributed by atoms with Crippen LogP contribution in [0.3, 0.4) is 0 Å². The fraction of sp³-hybridized carbons (Fsp3) is 0.706. The van der Waals surface area contributed by atoms with Crippen molar-refractivity contribution in [2.45, 2.75) is 31.8 Å². The van der Waals surface area contributed by atoms with Gasteiger partial charge in [-0.3, -0.25) is 4.90 Å². The molecule has 3 rings (SSSR count). The van der Waals surface area contributed by atoms with Gasteiger partial charge in [-0.15, -0.1) is 0 Å². The van der Waals surface area contributed by atoms with Gasteiger partial charge in [0.1, 0.15) is 0 Å². The van der Waals surface area contributed by atoms with E-state index in [1.165, 1.54) is 5.56 Å². The largest absolute Gasteiger partial charge is 0.379 e. The van der Waals surface area contributed by atoms with Crippen molar-refractivity contribution in [2.75, 3.05) is 40.4 Å². The second-order valence-corrected chi connectivity index (χ2v) is 7.77. The van der Waals surface area contributed by atoms with Crippen molar-refractivity contribution in [3.8, 4) is 0 Å². The summed E-state index contributed by atoms with van der Waals surface area (Å²) in [4.78, 5) is 16.2. The molecule has 5 nitrogen and oxygen atoms in total. The van der Waals surface area contributed by atoms with Crippen molar-refractivity contribution in [1.82, 2.24) is 15.1 Å². The summed E-state index contributed by atoms with van der Waals surface area (Å²) in [6.07, 6.45) is 3.33. The molecule has 2 aliphatic rings. The maximum absolute atomic E-state index is 12.1. The summed E-state index contributed by atoms with van der Waals surface area (Å²) in [5.41, 5.74) is 1.62. The van der Waals surface area contributed by atoms with Crippen LogP contribution in [0.2, 0.25) is 0 Å². The first kappa shape index (κ1) is 16.7. The molecule has 0 aromatic carbocycles. The van der Waals surface area contributed by atoms with Crippen LogP contribution in [-0.2, 0) is 11.3 Å². The zero-order valence-electron chi connectivity index (χ0n) is 14.1. The van der Waals surface area contributed by atoms with Gasteiger partial charge in [-0.05, 0) is 60.2 Å². The normalized spacial score (nSPS) is 24.5. The quantitative estimate of drug-likeness (QED) is 0.921. The van der Waals surface area contributed by atoms with Crippen molar-refractivity contribution in [3.63, 3.8) is 0 Å². The van der Waals surface area contributed by atoms with Crippen LogP contribution in [-0.4, -0.2) is 62.3 Å². The standard InChI is InChI=1S/C17H27N3O2S/c1-19(2)16(21)18-15-12-22-9-6-17(15)4-7-20(8-5-17)11-14-3-10-23-13-14/h3,10,13,15H,4-9,11-12H2,1-2H3,(H,18,21)/t15-/m0/s1. The summed E-state index contributed by atoms with van der Waals surface area (Å²) in [6, 6.07) is 2.33. The summed E-state index contributed by atoms with van der Waals surface area (Å²) >= 11 is 1.76. The molecule has 0 bridgehead atoms. The Morgan fingerprint density at radius 2 is 2.22 bits per heavy atom. The number of likely N-dealkylation sites (tertiary alicyclic amines) is 1. The SMILES string of the molecule is CN(C)C(=O)N[C@H]1COCCC12CCN(Cc1ccsc1)CC2. The molecular weight excluding hydrogens is 310 g/mol. The molecule has 0 radical (unpaired) electrons. The minimum atomic E-state index is -0.0134. The Kier molecular flexibility index (Phi) is 5.24. The van der Waals surface area contributed by atoms with Gasteiger partial charge in [0.15, 0.2) is 0 Å². The summed E-state index contributed by atoms with van der Waals surface area (Å²) in [5.74, 6) is 0. The maximum Gasteiger partial charge on any atom is 0.317 e. The first-order valence-corrected chi connectivity index (χ1v) is 9.32. The molecule has 2 saturated heterocycles. The zero-order valence-corrected chi connectivity index (χ0v) is 14.9. The molecule has 1 spiro atoms. The Labute approximate surface area is 142 Å². The van der Waals surface area contributed by atoms with E-state index in [1.807, 2.05) is 0 Å². The van der Waals surface area contributed by atoms with Gasteiger partial charge >= 0.3 is 6.03 Å². The third-order valence-corrected chi connectivity index (χ3v) is 6.04. The zero-order chi connectivity index (χ0) is 16.3. The Bertz CT molecular complexity index is 510. The summed E-state index contributed by atoms with van der Waals surface area (Å²) in [7, 11) is 3.57. The Morgan fingerprint density at radius 1 is 1.43 bits per heavy atom. The number of nitrogens with one attached hydrogen (secondary N) is 1. The molecule has 1 atom stereocenters. The number of amides is 2. The number of hydrogen-bond donors (Lipinski definition) is 1. The third-order valence-electron chi connectivity index (χ3n) is 5.31. The van der Waals surface area contributed by atoms with Crippen molar-refractivity contribution in [3.05, 3.63) is 22.4 Å². The van der Waals surface area contributed by atoms with Crippen LogP contribution >= 0.6 is 11.3 Å². The van der Waals surface area contributed by atoms with Crippen LogP contribution < -0.4 is 5.32 Å². The molecule has 2 fully saturated rings. The Hall–Kier alpha value is -1.11. The number of rotatable bonds is 3. The lowest BCUT2D eigenvalue weighted by Gasteiger charge is -2.49. The molecule has 1 aromatic rings. The Morgan fingerprint density at radius 3 is 2.87 bits per heavy atom. The molecular formula is C17H27N3O2S. The fourth-order valence-electron chi connectivity index (χ4n) is 3.70. The van der Waals surface area contributed by atoms with Crippen LogP contribution in [0.25, 0.3) is 0 Å². The molecule has 2 aliphatic heterocycles. The number of urea groups is 1. The molecule has 1 N–H and O–H groups in total. The lowest BCUT2D eigenvalue weighted by molar-refractivity contribution is -0.0484. The third kappa shape index (κ3) is 3.87. The van der Waals surface area contributed by atoms with Crippen LogP contribution in [0.4, 0.5) is 4.79 Å². The molecule has 0 saturated carbocycles. The van der Waals surface area contributed by atoms with Crippen LogP contribution in [0.5, 0.6) is 0 Å². The summed E-state index contributed by atoms with van der Waals surface area (Å²) in [5, 5.41) is 7.56. The van der Waals surface area contributed by atoms with E-state index in [2.05, 4.69) is 27.0 Å². The molecule has 6 heteroatoms. The van der Waals surface area contributed by atoms with E-state index in [0.717, 1.165) is 45.5 Å². The van der Waals surface area contributed by atoms with E-state index < -0.39 is 0 Å². The van der Waals surface area contributed by atoms with E-state index in [-0.39, 0.29) is 17.5 Å². The van der Waals surface area contributed by atoms with E-state index in [1.54, 1.807) is 30.3 Å². The van der Waals surface area contributed by atoms with Crippen LogP contribution in [0.1, 0.15) is 24.8 Å². The average molecular weight is 337 g/mol. The summed E-state index contributed by atoms with van der Waals surface area (Å²) in [6.45, 7) is 4.71. The minimum absolute atomic E-state index is 0.0134. The summed E-state index contributed by atoms with van der Waals surface area (Å²) < 4.78 is 5.66. The predicted molar refractivity (Wildman–Crippen MR) is 92.7 cm³/mol. The van der Waals surface area contributed by atoms with Gasteiger partial charge in [-0.2, -0.15) is 11.3 Å². The molecule has 128 valence electrons. The molecule has 3 heterocycles. The Balaban J connectivity index is 1.60. The van der Waals surface area contributed by atoms with E-state index >= 15 is 0 Å². The van der Waals surface area contributed by atoms with Crippen molar-refractivity contribution in [2.24, 2.45) is 5.41 Å². The van der Waals surface area contributed by atoms with Gasteiger partial charge in [0.2, 0.25) is 0 Å².